The number of carbonyl (C=O) groups is 2. The van der Waals surface area contributed by atoms with Crippen molar-refractivity contribution in [1.29, 1.82) is 0 Å². The molecule has 216 valence electrons. The monoisotopic (exact) mass is 581 g/mol. The van der Waals surface area contributed by atoms with Gasteiger partial charge in [-0.05, 0) is 66.6 Å². The zero-order chi connectivity index (χ0) is 29.7. The largest absolute Gasteiger partial charge is 0.366 e. The number of rotatable bonds is 9. The molecule has 3 N–H and O–H groups in total. The molecule has 2 aliphatic rings. The van der Waals surface area contributed by atoms with E-state index in [0.717, 1.165) is 29.3 Å². The van der Waals surface area contributed by atoms with Crippen LogP contribution in [0.3, 0.4) is 0 Å². The molecular weight excluding hydrogens is 557 g/mol. The smallest absolute Gasteiger partial charge is 0.280 e. The number of pyridine rings is 1. The number of hydrogen-bond acceptors (Lipinski definition) is 4. The van der Waals surface area contributed by atoms with E-state index in [-0.39, 0.29) is 34.9 Å². The Morgan fingerprint density at radius 3 is 2.55 bits per heavy atom. The lowest BCUT2D eigenvalue weighted by molar-refractivity contribution is -0.122. The van der Waals surface area contributed by atoms with Gasteiger partial charge >= 0.3 is 0 Å². The molecular formula is C30H24F5N5O2. The predicted octanol–water partition coefficient (Wildman–Crippen LogP) is 5.16. The fourth-order valence-corrected chi connectivity index (χ4v) is 5.85. The van der Waals surface area contributed by atoms with Gasteiger partial charge in [0.15, 0.2) is 0 Å². The molecule has 3 atom stereocenters. The number of carbonyl (C=O) groups excluding carboxylic acids is 2. The summed E-state index contributed by atoms with van der Waals surface area (Å²) in [5.74, 6) is -3.66. The minimum absolute atomic E-state index is 0.130. The molecule has 3 unspecified atom stereocenters. The summed E-state index contributed by atoms with van der Waals surface area (Å²) >= 11 is 0. The molecule has 2 aliphatic carbocycles. The fourth-order valence-electron chi connectivity index (χ4n) is 5.85. The molecule has 0 radical (unpaired) electrons. The van der Waals surface area contributed by atoms with Crippen LogP contribution in [-0.4, -0.2) is 26.6 Å². The van der Waals surface area contributed by atoms with Gasteiger partial charge in [0.25, 0.3) is 12.3 Å². The van der Waals surface area contributed by atoms with Crippen molar-refractivity contribution in [3.05, 3.63) is 106 Å². The third-order valence-electron chi connectivity index (χ3n) is 7.77. The van der Waals surface area contributed by atoms with Crippen LogP contribution < -0.4 is 11.1 Å². The van der Waals surface area contributed by atoms with Crippen molar-refractivity contribution < 1.29 is 31.5 Å². The third kappa shape index (κ3) is 5.24. The molecule has 2 aromatic carbocycles. The van der Waals surface area contributed by atoms with E-state index in [2.05, 4.69) is 15.4 Å². The van der Waals surface area contributed by atoms with E-state index >= 15 is 0 Å². The predicted molar refractivity (Wildman–Crippen MR) is 141 cm³/mol. The molecule has 0 bridgehead atoms. The van der Waals surface area contributed by atoms with Crippen molar-refractivity contribution in [2.24, 2.45) is 11.7 Å². The maximum Gasteiger partial charge on any atom is 0.280 e. The zero-order valence-corrected chi connectivity index (χ0v) is 22.0. The molecule has 1 fully saturated rings. The van der Waals surface area contributed by atoms with E-state index in [9.17, 15) is 31.5 Å². The number of benzene rings is 2. The summed E-state index contributed by atoms with van der Waals surface area (Å²) in [6, 6.07) is 8.80. The molecule has 0 aliphatic heterocycles. The molecule has 1 saturated carbocycles. The van der Waals surface area contributed by atoms with Gasteiger partial charge in [0.1, 0.15) is 29.7 Å². The number of hydrogen-bond donors (Lipinski definition) is 2. The van der Waals surface area contributed by atoms with Gasteiger partial charge < -0.3 is 11.1 Å². The summed E-state index contributed by atoms with van der Waals surface area (Å²) in [6.07, 6.45) is -0.110. The average molecular weight is 582 g/mol. The summed E-state index contributed by atoms with van der Waals surface area (Å²) in [4.78, 5) is 29.5. The van der Waals surface area contributed by atoms with Crippen LogP contribution in [0, 0.1) is 23.4 Å². The van der Waals surface area contributed by atoms with Crippen molar-refractivity contribution in [1.82, 2.24) is 20.1 Å². The van der Waals surface area contributed by atoms with Crippen LogP contribution in [0.5, 0.6) is 0 Å². The molecule has 2 aromatic heterocycles. The van der Waals surface area contributed by atoms with Crippen LogP contribution in [0.2, 0.25) is 0 Å². The Labute approximate surface area is 236 Å². The maximum absolute atomic E-state index is 14.2. The highest BCUT2D eigenvalue weighted by molar-refractivity contribution is 5.94. The van der Waals surface area contributed by atoms with Crippen LogP contribution in [0.25, 0.3) is 11.1 Å². The molecule has 0 saturated heterocycles. The van der Waals surface area contributed by atoms with Crippen molar-refractivity contribution in [2.75, 3.05) is 0 Å². The number of fused-ring (bicyclic) bond motifs is 3. The van der Waals surface area contributed by atoms with Crippen molar-refractivity contribution in [2.45, 2.75) is 44.2 Å². The first-order valence-electron chi connectivity index (χ1n) is 13.3. The molecule has 7 nitrogen and oxygen atoms in total. The van der Waals surface area contributed by atoms with Crippen LogP contribution in [0.15, 0.2) is 54.7 Å². The summed E-state index contributed by atoms with van der Waals surface area (Å²) in [5.41, 5.74) is 6.94. The number of aromatic nitrogens is 3. The zero-order valence-electron chi connectivity index (χ0n) is 22.0. The van der Waals surface area contributed by atoms with E-state index in [1.54, 1.807) is 12.1 Å². The molecule has 12 heteroatoms. The first-order chi connectivity index (χ1) is 20.1. The Bertz CT molecular complexity index is 1700. The standard InChI is InChI=1S/C30H24F5N5O2/c31-17-6-14(7-18(32)12-17)8-24(27-19(2-1-5-37-27)15-3-4-23(33)21(9-15)30(36)42)38-25(41)13-40-28(29(34)35)22-11-16-10-20(16)26(22)39-40/h1-7,9,12,16,20,24,29H,8,10-11,13H2,(H2,36,42)(H,38,41). The highest BCUT2D eigenvalue weighted by atomic mass is 19.3. The van der Waals surface area contributed by atoms with Gasteiger partial charge in [-0.3, -0.25) is 19.3 Å². The van der Waals surface area contributed by atoms with E-state index < -0.39 is 48.3 Å². The number of nitrogens with one attached hydrogen (secondary N) is 1. The highest BCUT2D eigenvalue weighted by Crippen LogP contribution is 2.57. The normalized spacial score (nSPS) is 17.6. The Morgan fingerprint density at radius 2 is 1.83 bits per heavy atom. The second-order valence-corrected chi connectivity index (χ2v) is 10.6. The quantitative estimate of drug-likeness (QED) is 0.267. The lowest BCUT2D eigenvalue weighted by atomic mass is 9.94. The Morgan fingerprint density at radius 1 is 1.07 bits per heavy atom. The van der Waals surface area contributed by atoms with Gasteiger partial charge in [-0.1, -0.05) is 12.1 Å². The van der Waals surface area contributed by atoms with Gasteiger partial charge in [-0.25, -0.2) is 22.0 Å². The summed E-state index contributed by atoms with van der Waals surface area (Å²) in [5, 5.41) is 7.11. The Kier molecular flexibility index (Phi) is 6.99. The van der Waals surface area contributed by atoms with Crippen LogP contribution >= 0.6 is 0 Å². The fraction of sp³-hybridized carbons (Fsp3) is 0.267. The molecule has 6 rings (SSSR count). The number of primary amides is 1. The molecule has 42 heavy (non-hydrogen) atoms. The van der Waals surface area contributed by atoms with Gasteiger partial charge in [-0.15, -0.1) is 0 Å². The average Bonchev–Trinajstić information content (AvgIpc) is 3.47. The lowest BCUT2D eigenvalue weighted by Crippen LogP contribution is -2.34. The van der Waals surface area contributed by atoms with E-state index in [1.165, 1.54) is 18.3 Å². The molecule has 4 aromatic rings. The number of nitrogens with two attached hydrogens (primary N) is 1. The van der Waals surface area contributed by atoms with Crippen molar-refractivity contribution in [3.8, 4) is 11.1 Å². The minimum atomic E-state index is -2.82. The van der Waals surface area contributed by atoms with E-state index in [0.29, 0.717) is 40.8 Å². The van der Waals surface area contributed by atoms with Gasteiger partial charge in [0.05, 0.1) is 23.0 Å². The first-order valence-corrected chi connectivity index (χ1v) is 13.3. The SMILES string of the molecule is NC(=O)c1cc(-c2cccnc2C(Cc2cc(F)cc(F)c2)NC(=O)Cn2nc3c(c2C(F)F)CC2CC32)ccc1F. The number of nitrogens with zero attached hydrogens (tertiary/aromatic N) is 3. The van der Waals surface area contributed by atoms with Crippen molar-refractivity contribution in [3.63, 3.8) is 0 Å². The minimum Gasteiger partial charge on any atom is -0.366 e. The van der Waals surface area contributed by atoms with Crippen LogP contribution in [-0.2, 0) is 24.2 Å². The van der Waals surface area contributed by atoms with E-state index in [1.807, 2.05) is 0 Å². The Hall–Kier alpha value is -4.61. The molecule has 2 amide bonds. The third-order valence-corrected chi connectivity index (χ3v) is 7.77. The topological polar surface area (TPSA) is 103 Å². The Balaban J connectivity index is 1.36. The summed E-state index contributed by atoms with van der Waals surface area (Å²) in [6.45, 7) is -0.511. The van der Waals surface area contributed by atoms with Gasteiger partial charge in [-0.2, -0.15) is 5.10 Å². The molecule has 2 heterocycles. The molecule has 0 spiro atoms. The van der Waals surface area contributed by atoms with Crippen molar-refractivity contribution >= 4 is 11.8 Å². The second-order valence-electron chi connectivity index (χ2n) is 10.6. The van der Waals surface area contributed by atoms with Gasteiger partial charge in [0.2, 0.25) is 5.91 Å². The first kappa shape index (κ1) is 27.6. The second kappa shape index (κ2) is 10.7. The van der Waals surface area contributed by atoms with E-state index in [4.69, 9.17) is 5.73 Å². The number of alkyl halides is 2. The van der Waals surface area contributed by atoms with Crippen LogP contribution in [0.1, 0.15) is 63.4 Å². The van der Waals surface area contributed by atoms with Crippen LogP contribution in [0.4, 0.5) is 22.0 Å². The van der Waals surface area contributed by atoms with Gasteiger partial charge in [0, 0.05) is 29.3 Å². The number of halogens is 5. The lowest BCUT2D eigenvalue weighted by Gasteiger charge is -2.22. The maximum atomic E-state index is 14.2. The summed E-state index contributed by atoms with van der Waals surface area (Å²) < 4.78 is 71.4. The number of amides is 2. The summed E-state index contributed by atoms with van der Waals surface area (Å²) in [7, 11) is 0. The highest BCUT2D eigenvalue weighted by Gasteiger charge is 2.49.